The molecule has 6 nitrogen and oxygen atoms in total. The van der Waals surface area contributed by atoms with E-state index in [-0.39, 0.29) is 11.4 Å². The van der Waals surface area contributed by atoms with E-state index in [9.17, 15) is 4.79 Å². The summed E-state index contributed by atoms with van der Waals surface area (Å²) >= 11 is 0. The number of aromatic nitrogens is 2. The van der Waals surface area contributed by atoms with Gasteiger partial charge in [0.15, 0.2) is 5.82 Å². The summed E-state index contributed by atoms with van der Waals surface area (Å²) in [6.45, 7) is 8.59. The lowest BCUT2D eigenvalue weighted by Gasteiger charge is -2.33. The van der Waals surface area contributed by atoms with Crippen LogP contribution in [0.4, 0.5) is 0 Å². The van der Waals surface area contributed by atoms with E-state index in [0.717, 1.165) is 18.7 Å². The minimum absolute atomic E-state index is 0.0185. The Morgan fingerprint density at radius 2 is 2.14 bits per heavy atom. The van der Waals surface area contributed by atoms with Crippen LogP contribution in [0.3, 0.4) is 0 Å². The molecule has 0 aliphatic rings. The summed E-state index contributed by atoms with van der Waals surface area (Å²) in [6, 6.07) is 0. The molecular weight excluding hydrogens is 268 g/mol. The smallest absolute Gasteiger partial charge is 0.226 e. The third-order valence-corrected chi connectivity index (χ3v) is 3.90. The lowest BCUT2D eigenvalue weighted by atomic mass is 9.88. The van der Waals surface area contributed by atoms with E-state index >= 15 is 0 Å². The number of nitrogens with two attached hydrogens (primary N) is 1. The number of hydrogen-bond donors (Lipinski definition) is 2. The van der Waals surface area contributed by atoms with Gasteiger partial charge in [-0.05, 0) is 25.7 Å². The molecule has 1 amide bonds. The van der Waals surface area contributed by atoms with Crippen LogP contribution >= 0.6 is 0 Å². The van der Waals surface area contributed by atoms with Crippen molar-refractivity contribution in [3.63, 3.8) is 0 Å². The summed E-state index contributed by atoms with van der Waals surface area (Å²) < 4.78 is 5.15. The predicted molar refractivity (Wildman–Crippen MR) is 81.7 cm³/mol. The van der Waals surface area contributed by atoms with Gasteiger partial charge >= 0.3 is 0 Å². The summed E-state index contributed by atoms with van der Waals surface area (Å²) in [7, 11) is 0. The highest BCUT2D eigenvalue weighted by atomic mass is 16.5. The molecule has 1 rings (SSSR count). The van der Waals surface area contributed by atoms with E-state index in [0.29, 0.717) is 37.6 Å². The Kier molecular flexibility index (Phi) is 6.81. The lowest BCUT2D eigenvalue weighted by molar-refractivity contribution is -0.123. The highest BCUT2D eigenvalue weighted by Gasteiger charge is 2.28. The first-order valence-corrected chi connectivity index (χ1v) is 7.73. The quantitative estimate of drug-likeness (QED) is 0.725. The molecule has 120 valence electrons. The molecule has 1 aromatic heterocycles. The van der Waals surface area contributed by atoms with E-state index in [2.05, 4.69) is 36.2 Å². The van der Waals surface area contributed by atoms with Crippen molar-refractivity contribution < 1.29 is 9.32 Å². The van der Waals surface area contributed by atoms with Crippen molar-refractivity contribution in [3.05, 3.63) is 11.7 Å². The zero-order chi connectivity index (χ0) is 15.9. The van der Waals surface area contributed by atoms with Gasteiger partial charge in [-0.15, -0.1) is 0 Å². The maximum atomic E-state index is 12.0. The summed E-state index contributed by atoms with van der Waals surface area (Å²) in [5.74, 6) is 1.66. The summed E-state index contributed by atoms with van der Waals surface area (Å²) in [5, 5.41) is 6.92. The first-order chi connectivity index (χ1) is 9.91. The van der Waals surface area contributed by atoms with Crippen LogP contribution in [0, 0.1) is 5.92 Å². The number of carbonyl (C=O) groups is 1. The highest BCUT2D eigenvalue weighted by Crippen LogP contribution is 2.15. The monoisotopic (exact) mass is 296 g/mol. The average molecular weight is 296 g/mol. The number of aryl methyl sites for hydroxylation is 2. The van der Waals surface area contributed by atoms with Gasteiger partial charge in [-0.25, -0.2) is 0 Å². The van der Waals surface area contributed by atoms with Gasteiger partial charge in [0.2, 0.25) is 11.8 Å². The SMILES string of the molecule is CCCc1noc(CCCC(=O)NC(C)(CN)C(C)C)n1. The van der Waals surface area contributed by atoms with E-state index in [1.54, 1.807) is 0 Å². The number of nitrogens with zero attached hydrogens (tertiary/aromatic N) is 2. The topological polar surface area (TPSA) is 94.0 Å². The Bertz CT molecular complexity index is 445. The molecule has 0 aromatic carbocycles. The molecular formula is C15H28N4O2. The Hall–Kier alpha value is -1.43. The molecule has 1 unspecified atom stereocenters. The van der Waals surface area contributed by atoms with Gasteiger partial charge in [-0.2, -0.15) is 4.98 Å². The fourth-order valence-electron chi connectivity index (χ4n) is 1.93. The molecule has 0 radical (unpaired) electrons. The predicted octanol–water partition coefficient (Wildman–Crippen LogP) is 1.83. The number of amides is 1. The lowest BCUT2D eigenvalue weighted by Crippen LogP contribution is -2.54. The average Bonchev–Trinajstić information content (AvgIpc) is 2.86. The number of nitrogens with one attached hydrogen (secondary N) is 1. The van der Waals surface area contributed by atoms with Crippen molar-refractivity contribution in [3.8, 4) is 0 Å². The van der Waals surface area contributed by atoms with E-state index in [1.165, 1.54) is 0 Å². The van der Waals surface area contributed by atoms with Crippen LogP contribution in [0.1, 0.15) is 58.7 Å². The summed E-state index contributed by atoms with van der Waals surface area (Å²) in [4.78, 5) is 16.3. The third kappa shape index (κ3) is 5.46. The molecule has 1 aromatic rings. The molecule has 0 saturated carbocycles. The third-order valence-electron chi connectivity index (χ3n) is 3.90. The van der Waals surface area contributed by atoms with Gasteiger partial charge in [-0.1, -0.05) is 25.9 Å². The zero-order valence-electron chi connectivity index (χ0n) is 13.6. The molecule has 1 heterocycles. The van der Waals surface area contributed by atoms with Crippen molar-refractivity contribution in [1.29, 1.82) is 0 Å². The standard InChI is InChI=1S/C15H28N4O2/c1-5-7-12-17-14(21-19-12)9-6-8-13(20)18-15(4,10-16)11(2)3/h11H,5-10,16H2,1-4H3,(H,18,20). The minimum Gasteiger partial charge on any atom is -0.349 e. The van der Waals surface area contributed by atoms with Crippen LogP contribution in [0.15, 0.2) is 4.52 Å². The largest absolute Gasteiger partial charge is 0.349 e. The van der Waals surface area contributed by atoms with Crippen molar-refractivity contribution >= 4 is 5.91 Å². The van der Waals surface area contributed by atoms with Crippen LogP contribution in [-0.4, -0.2) is 28.1 Å². The Morgan fingerprint density at radius 3 is 2.71 bits per heavy atom. The summed E-state index contributed by atoms with van der Waals surface area (Å²) in [5.41, 5.74) is 5.41. The first-order valence-electron chi connectivity index (χ1n) is 7.73. The molecule has 0 spiro atoms. The first kappa shape index (κ1) is 17.6. The molecule has 3 N–H and O–H groups in total. The number of rotatable bonds is 9. The van der Waals surface area contributed by atoms with Gasteiger partial charge < -0.3 is 15.6 Å². The Morgan fingerprint density at radius 1 is 1.43 bits per heavy atom. The van der Waals surface area contributed by atoms with Gasteiger partial charge in [0.1, 0.15) is 0 Å². The zero-order valence-corrected chi connectivity index (χ0v) is 13.6. The maximum absolute atomic E-state index is 12.0. The second-order valence-electron chi connectivity index (χ2n) is 6.03. The molecule has 0 fully saturated rings. The van der Waals surface area contributed by atoms with Crippen LogP contribution < -0.4 is 11.1 Å². The van der Waals surface area contributed by atoms with Gasteiger partial charge in [0, 0.05) is 25.8 Å². The van der Waals surface area contributed by atoms with Crippen molar-refractivity contribution in [1.82, 2.24) is 15.5 Å². The maximum Gasteiger partial charge on any atom is 0.226 e. The van der Waals surface area contributed by atoms with E-state index in [1.807, 2.05) is 6.92 Å². The van der Waals surface area contributed by atoms with Crippen molar-refractivity contribution in [2.24, 2.45) is 11.7 Å². The summed E-state index contributed by atoms with van der Waals surface area (Å²) in [6.07, 6.45) is 3.58. The van der Waals surface area contributed by atoms with Gasteiger partial charge in [0.05, 0.1) is 5.54 Å². The molecule has 6 heteroatoms. The molecule has 0 bridgehead atoms. The highest BCUT2D eigenvalue weighted by molar-refractivity contribution is 5.76. The molecule has 0 aliphatic heterocycles. The molecule has 0 aliphatic carbocycles. The Balaban J connectivity index is 2.36. The van der Waals surface area contributed by atoms with Crippen molar-refractivity contribution in [2.75, 3.05) is 6.54 Å². The van der Waals surface area contributed by atoms with Gasteiger partial charge in [-0.3, -0.25) is 4.79 Å². The van der Waals surface area contributed by atoms with Crippen LogP contribution in [0.5, 0.6) is 0 Å². The second kappa shape index (κ2) is 8.12. The van der Waals surface area contributed by atoms with Crippen LogP contribution in [-0.2, 0) is 17.6 Å². The number of carbonyl (C=O) groups excluding carboxylic acids is 1. The van der Waals surface area contributed by atoms with Gasteiger partial charge in [0.25, 0.3) is 0 Å². The number of hydrogen-bond acceptors (Lipinski definition) is 5. The van der Waals surface area contributed by atoms with Crippen LogP contribution in [0.2, 0.25) is 0 Å². The van der Waals surface area contributed by atoms with Crippen molar-refractivity contribution in [2.45, 2.75) is 65.3 Å². The fraction of sp³-hybridized carbons (Fsp3) is 0.800. The fourth-order valence-corrected chi connectivity index (χ4v) is 1.93. The molecule has 21 heavy (non-hydrogen) atoms. The van der Waals surface area contributed by atoms with E-state index in [4.69, 9.17) is 10.3 Å². The Labute approximate surface area is 126 Å². The van der Waals surface area contributed by atoms with Crippen LogP contribution in [0.25, 0.3) is 0 Å². The van der Waals surface area contributed by atoms with E-state index < -0.39 is 0 Å². The minimum atomic E-state index is -0.351. The second-order valence-corrected chi connectivity index (χ2v) is 6.03. The molecule has 0 saturated heterocycles. The normalized spacial score (nSPS) is 14.2. The molecule has 1 atom stereocenters.